The van der Waals surface area contributed by atoms with E-state index < -0.39 is 11.9 Å². The minimum absolute atomic E-state index is 0.0269. The second-order valence-corrected chi connectivity index (χ2v) is 5.10. The first-order chi connectivity index (χ1) is 11.7. The fourth-order valence-corrected chi connectivity index (χ4v) is 2.09. The molecule has 3 amide bonds. The van der Waals surface area contributed by atoms with Gasteiger partial charge in [0, 0.05) is 13.7 Å². The van der Waals surface area contributed by atoms with E-state index in [1.807, 2.05) is 17.0 Å². The van der Waals surface area contributed by atoms with E-state index >= 15 is 0 Å². The van der Waals surface area contributed by atoms with Crippen LogP contribution in [0, 0.1) is 0 Å². The van der Waals surface area contributed by atoms with Crippen molar-refractivity contribution in [2.24, 2.45) is 0 Å². The summed E-state index contributed by atoms with van der Waals surface area (Å²) < 4.78 is 15.5. The quantitative estimate of drug-likeness (QED) is 0.671. The van der Waals surface area contributed by atoms with Crippen molar-refractivity contribution in [1.82, 2.24) is 15.5 Å². The second kappa shape index (κ2) is 9.53. The SMILES string of the molecule is COCCNC(=O)NC(=O)CN(Cc1ccco1)Cc1ccco1. The summed E-state index contributed by atoms with van der Waals surface area (Å²) in [7, 11) is 1.53. The molecule has 0 fully saturated rings. The van der Waals surface area contributed by atoms with E-state index in [2.05, 4.69) is 10.6 Å². The molecule has 0 aliphatic heterocycles. The summed E-state index contributed by atoms with van der Waals surface area (Å²) >= 11 is 0. The molecule has 2 N–H and O–H groups in total. The van der Waals surface area contributed by atoms with Crippen molar-refractivity contribution in [2.45, 2.75) is 13.1 Å². The van der Waals surface area contributed by atoms with Crippen LogP contribution in [-0.4, -0.2) is 43.6 Å². The highest BCUT2D eigenvalue weighted by Crippen LogP contribution is 2.10. The first kappa shape index (κ1) is 17.8. The maximum Gasteiger partial charge on any atom is 0.321 e. The van der Waals surface area contributed by atoms with Gasteiger partial charge in [0.2, 0.25) is 5.91 Å². The Bertz CT molecular complexity index is 573. The number of carbonyl (C=O) groups excluding carboxylic acids is 2. The van der Waals surface area contributed by atoms with Crippen molar-refractivity contribution in [3.05, 3.63) is 48.3 Å². The van der Waals surface area contributed by atoms with Gasteiger partial charge in [-0.2, -0.15) is 0 Å². The van der Waals surface area contributed by atoms with Crippen molar-refractivity contribution < 1.29 is 23.2 Å². The Labute approximate surface area is 139 Å². The molecule has 2 rings (SSSR count). The van der Waals surface area contributed by atoms with E-state index in [-0.39, 0.29) is 6.54 Å². The molecule has 8 nitrogen and oxygen atoms in total. The lowest BCUT2D eigenvalue weighted by atomic mass is 10.3. The van der Waals surface area contributed by atoms with Gasteiger partial charge >= 0.3 is 6.03 Å². The summed E-state index contributed by atoms with van der Waals surface area (Å²) in [5.74, 6) is 1.03. The molecule has 2 aromatic heterocycles. The van der Waals surface area contributed by atoms with Crippen LogP contribution in [0.15, 0.2) is 45.6 Å². The first-order valence-electron chi connectivity index (χ1n) is 7.51. The lowest BCUT2D eigenvalue weighted by molar-refractivity contribution is -0.121. The third-order valence-electron chi connectivity index (χ3n) is 3.13. The molecule has 0 radical (unpaired) electrons. The molecule has 0 aliphatic rings. The third kappa shape index (κ3) is 6.27. The summed E-state index contributed by atoms with van der Waals surface area (Å²) in [6.07, 6.45) is 3.15. The van der Waals surface area contributed by atoms with Crippen LogP contribution in [-0.2, 0) is 22.6 Å². The average molecular weight is 335 g/mol. The lowest BCUT2D eigenvalue weighted by Crippen LogP contribution is -2.45. The van der Waals surface area contributed by atoms with Gasteiger partial charge in [-0.3, -0.25) is 15.0 Å². The van der Waals surface area contributed by atoms with Crippen molar-refractivity contribution in [3.63, 3.8) is 0 Å². The Hall–Kier alpha value is -2.58. The van der Waals surface area contributed by atoms with Crippen LogP contribution < -0.4 is 10.6 Å². The zero-order valence-electron chi connectivity index (χ0n) is 13.5. The normalized spacial score (nSPS) is 10.8. The minimum Gasteiger partial charge on any atom is -0.468 e. The molecule has 0 saturated heterocycles. The highest BCUT2D eigenvalue weighted by molar-refractivity contribution is 5.95. The minimum atomic E-state index is -0.548. The monoisotopic (exact) mass is 335 g/mol. The van der Waals surface area contributed by atoms with E-state index in [1.54, 1.807) is 24.7 Å². The number of urea groups is 1. The molecule has 24 heavy (non-hydrogen) atoms. The predicted octanol–water partition coefficient (Wildman–Crippen LogP) is 1.35. The molecule has 0 spiro atoms. The third-order valence-corrected chi connectivity index (χ3v) is 3.13. The molecule has 0 saturated carbocycles. The van der Waals surface area contributed by atoms with Crippen LogP contribution in [0.1, 0.15) is 11.5 Å². The van der Waals surface area contributed by atoms with Gasteiger partial charge in [0.05, 0.1) is 38.8 Å². The van der Waals surface area contributed by atoms with Crippen molar-refractivity contribution >= 4 is 11.9 Å². The smallest absolute Gasteiger partial charge is 0.321 e. The fourth-order valence-electron chi connectivity index (χ4n) is 2.09. The molecule has 8 heteroatoms. The highest BCUT2D eigenvalue weighted by Gasteiger charge is 2.16. The lowest BCUT2D eigenvalue weighted by Gasteiger charge is -2.19. The summed E-state index contributed by atoms with van der Waals surface area (Å²) in [5, 5.41) is 4.81. The van der Waals surface area contributed by atoms with E-state index in [9.17, 15) is 9.59 Å². The number of nitrogens with one attached hydrogen (secondary N) is 2. The zero-order valence-corrected chi connectivity index (χ0v) is 13.5. The van der Waals surface area contributed by atoms with Gasteiger partial charge in [-0.15, -0.1) is 0 Å². The number of amides is 3. The van der Waals surface area contributed by atoms with Crippen LogP contribution in [0.2, 0.25) is 0 Å². The second-order valence-electron chi connectivity index (χ2n) is 5.10. The maximum atomic E-state index is 12.0. The van der Waals surface area contributed by atoms with Gasteiger partial charge < -0.3 is 18.9 Å². The predicted molar refractivity (Wildman–Crippen MR) is 84.9 cm³/mol. The molecular formula is C16H21N3O5. The number of nitrogens with zero attached hydrogens (tertiary/aromatic N) is 1. The zero-order chi connectivity index (χ0) is 17.2. The Morgan fingerprint density at radius 2 is 1.75 bits per heavy atom. The number of furan rings is 2. The van der Waals surface area contributed by atoms with E-state index in [1.165, 1.54) is 7.11 Å². The number of imide groups is 1. The topological polar surface area (TPSA) is 97.0 Å². The van der Waals surface area contributed by atoms with Gasteiger partial charge in [0.1, 0.15) is 11.5 Å². The van der Waals surface area contributed by atoms with Crippen LogP contribution >= 0.6 is 0 Å². The maximum absolute atomic E-state index is 12.0. The number of hydrogen-bond acceptors (Lipinski definition) is 6. The molecule has 0 aromatic carbocycles. The first-order valence-corrected chi connectivity index (χ1v) is 7.51. The van der Waals surface area contributed by atoms with Gasteiger partial charge in [0.25, 0.3) is 0 Å². The number of rotatable bonds is 9. The number of methoxy groups -OCH3 is 1. The van der Waals surface area contributed by atoms with Crippen LogP contribution in [0.25, 0.3) is 0 Å². The Kier molecular flexibility index (Phi) is 7.06. The highest BCUT2D eigenvalue weighted by atomic mass is 16.5. The number of ether oxygens (including phenoxy) is 1. The summed E-state index contributed by atoms with van der Waals surface area (Å²) in [5.41, 5.74) is 0. The average Bonchev–Trinajstić information content (AvgIpc) is 3.21. The Morgan fingerprint density at radius 1 is 1.12 bits per heavy atom. The largest absolute Gasteiger partial charge is 0.468 e. The van der Waals surface area contributed by atoms with E-state index in [4.69, 9.17) is 13.6 Å². The van der Waals surface area contributed by atoms with Crippen LogP contribution in [0.4, 0.5) is 4.79 Å². The summed E-state index contributed by atoms with van der Waals surface area (Å²) in [6.45, 7) is 1.58. The molecule has 2 heterocycles. The molecule has 0 atom stereocenters. The molecule has 2 aromatic rings. The van der Waals surface area contributed by atoms with Crippen molar-refractivity contribution in [2.75, 3.05) is 26.8 Å². The van der Waals surface area contributed by atoms with Crippen molar-refractivity contribution in [3.8, 4) is 0 Å². The Morgan fingerprint density at radius 3 is 2.25 bits per heavy atom. The molecule has 0 unspecified atom stereocenters. The summed E-state index contributed by atoms with van der Waals surface area (Å²) in [4.78, 5) is 25.5. The van der Waals surface area contributed by atoms with E-state index in [0.29, 0.717) is 26.2 Å². The van der Waals surface area contributed by atoms with Gasteiger partial charge in [0.15, 0.2) is 0 Å². The number of hydrogen-bond donors (Lipinski definition) is 2. The van der Waals surface area contributed by atoms with Gasteiger partial charge in [-0.1, -0.05) is 0 Å². The van der Waals surface area contributed by atoms with Crippen LogP contribution in [0.3, 0.4) is 0 Å². The number of carbonyl (C=O) groups is 2. The Balaban J connectivity index is 1.86. The van der Waals surface area contributed by atoms with Crippen molar-refractivity contribution in [1.29, 1.82) is 0 Å². The van der Waals surface area contributed by atoms with Gasteiger partial charge in [-0.05, 0) is 24.3 Å². The molecule has 0 aliphatic carbocycles. The van der Waals surface area contributed by atoms with Gasteiger partial charge in [-0.25, -0.2) is 4.79 Å². The molecule has 130 valence electrons. The van der Waals surface area contributed by atoms with Crippen LogP contribution in [0.5, 0.6) is 0 Å². The standard InChI is InChI=1S/C16H21N3O5/c1-22-9-6-17-16(21)18-15(20)12-19(10-13-4-2-7-23-13)11-14-5-3-8-24-14/h2-5,7-8H,6,9-12H2,1H3,(H2,17,18,20,21). The molecular weight excluding hydrogens is 314 g/mol. The van der Waals surface area contributed by atoms with E-state index in [0.717, 1.165) is 11.5 Å². The summed E-state index contributed by atoms with van der Waals surface area (Å²) in [6, 6.07) is 6.66. The molecule has 0 bridgehead atoms. The fraction of sp³-hybridized carbons (Fsp3) is 0.375.